The Morgan fingerprint density at radius 1 is 1.28 bits per heavy atom. The van der Waals surface area contributed by atoms with Crippen molar-refractivity contribution in [2.75, 3.05) is 13.1 Å². The topological polar surface area (TPSA) is 126 Å². The summed E-state index contributed by atoms with van der Waals surface area (Å²) in [4.78, 5) is 43.2. The Bertz CT molecular complexity index is 1160. The molecule has 2 N–H and O–H groups in total. The Hall–Kier alpha value is -3.69. The normalized spacial score (nSPS) is 14.5. The van der Waals surface area contributed by atoms with Crippen molar-refractivity contribution < 1.29 is 14.0 Å². The first-order valence-electron chi connectivity index (χ1n) is 10.6. The molecule has 1 saturated heterocycles. The number of likely N-dealkylation sites (tertiary alicyclic amines) is 1. The number of carbonyl (C=O) groups is 2. The number of nitrogens with zero attached hydrogens (tertiary/aromatic N) is 4. The Kier molecular flexibility index (Phi) is 6.20. The van der Waals surface area contributed by atoms with E-state index in [-0.39, 0.29) is 29.8 Å². The monoisotopic (exact) mass is 438 g/mol. The summed E-state index contributed by atoms with van der Waals surface area (Å²) in [5.74, 6) is 0.483. The van der Waals surface area contributed by atoms with Crippen LogP contribution in [0.25, 0.3) is 0 Å². The summed E-state index contributed by atoms with van der Waals surface area (Å²) in [5, 5.41) is 9.87. The van der Waals surface area contributed by atoms with Crippen molar-refractivity contribution in [3.63, 3.8) is 0 Å². The van der Waals surface area contributed by atoms with E-state index in [9.17, 15) is 14.4 Å². The number of furan rings is 1. The summed E-state index contributed by atoms with van der Waals surface area (Å²) in [5.41, 5.74) is 2.26. The zero-order chi connectivity index (χ0) is 22.7. The van der Waals surface area contributed by atoms with Gasteiger partial charge in [-0.3, -0.25) is 24.0 Å². The van der Waals surface area contributed by atoms with Crippen LogP contribution in [-0.4, -0.2) is 49.6 Å². The standard InChI is InChI=1S/C22H26N6O4/c1-14-15(2)24-13-28(22(14)31)12-20(29)27-7-5-16(6-8-27)18-10-19(26-25-18)21(30)23-11-17-4-3-9-32-17/h3-4,9-10,13,16H,5-8,11-12H2,1-2H3,(H,23,30)(H,25,26). The van der Waals surface area contributed by atoms with Gasteiger partial charge in [-0.25, -0.2) is 4.98 Å². The van der Waals surface area contributed by atoms with Gasteiger partial charge in [0.2, 0.25) is 5.91 Å². The predicted molar refractivity (Wildman–Crippen MR) is 115 cm³/mol. The molecule has 4 heterocycles. The fourth-order valence-corrected chi connectivity index (χ4v) is 3.81. The van der Waals surface area contributed by atoms with Gasteiger partial charge in [-0.1, -0.05) is 0 Å². The van der Waals surface area contributed by atoms with Gasteiger partial charge in [0.05, 0.1) is 19.1 Å². The van der Waals surface area contributed by atoms with E-state index in [1.54, 1.807) is 43.2 Å². The molecule has 3 aromatic rings. The van der Waals surface area contributed by atoms with Gasteiger partial charge in [0.25, 0.3) is 11.5 Å². The summed E-state index contributed by atoms with van der Waals surface area (Å²) >= 11 is 0. The average Bonchev–Trinajstić information content (AvgIpc) is 3.50. The largest absolute Gasteiger partial charge is 0.467 e. The van der Waals surface area contributed by atoms with Gasteiger partial charge >= 0.3 is 0 Å². The zero-order valence-electron chi connectivity index (χ0n) is 18.1. The molecule has 168 valence electrons. The van der Waals surface area contributed by atoms with Crippen LogP contribution in [-0.2, 0) is 17.9 Å². The van der Waals surface area contributed by atoms with Crippen LogP contribution < -0.4 is 10.9 Å². The molecule has 4 rings (SSSR count). The molecule has 3 aromatic heterocycles. The molecule has 2 amide bonds. The molecule has 0 radical (unpaired) electrons. The molecular weight excluding hydrogens is 412 g/mol. The van der Waals surface area contributed by atoms with E-state index in [2.05, 4.69) is 20.5 Å². The number of piperidine rings is 1. The highest BCUT2D eigenvalue weighted by molar-refractivity contribution is 5.92. The number of amides is 2. The van der Waals surface area contributed by atoms with Gasteiger partial charge in [-0.05, 0) is 44.9 Å². The minimum atomic E-state index is -0.274. The molecular formula is C22H26N6O4. The lowest BCUT2D eigenvalue weighted by molar-refractivity contribution is -0.133. The summed E-state index contributed by atoms with van der Waals surface area (Å²) in [7, 11) is 0. The van der Waals surface area contributed by atoms with E-state index in [0.717, 1.165) is 18.5 Å². The summed E-state index contributed by atoms with van der Waals surface area (Å²) in [6, 6.07) is 5.32. The summed E-state index contributed by atoms with van der Waals surface area (Å²) in [6.07, 6.45) is 4.49. The first kappa shape index (κ1) is 21.5. The van der Waals surface area contributed by atoms with Crippen molar-refractivity contribution in [2.24, 2.45) is 0 Å². The van der Waals surface area contributed by atoms with Crippen molar-refractivity contribution in [2.45, 2.75) is 45.7 Å². The second-order valence-electron chi connectivity index (χ2n) is 8.01. The maximum atomic E-state index is 12.7. The minimum absolute atomic E-state index is 0.0122. The number of H-pyrrole nitrogens is 1. The number of hydrogen-bond donors (Lipinski definition) is 2. The quantitative estimate of drug-likeness (QED) is 0.601. The van der Waals surface area contributed by atoms with Crippen LogP contribution in [0, 0.1) is 13.8 Å². The molecule has 0 aromatic carbocycles. The first-order valence-corrected chi connectivity index (χ1v) is 10.6. The minimum Gasteiger partial charge on any atom is -0.467 e. The Balaban J connectivity index is 1.30. The molecule has 0 bridgehead atoms. The highest BCUT2D eigenvalue weighted by atomic mass is 16.3. The van der Waals surface area contributed by atoms with Crippen molar-refractivity contribution >= 4 is 11.8 Å². The molecule has 10 nitrogen and oxygen atoms in total. The lowest BCUT2D eigenvalue weighted by Gasteiger charge is -2.31. The second-order valence-corrected chi connectivity index (χ2v) is 8.01. The van der Waals surface area contributed by atoms with Gasteiger partial charge in [0.1, 0.15) is 18.0 Å². The molecule has 1 aliphatic heterocycles. The van der Waals surface area contributed by atoms with E-state index in [1.165, 1.54) is 10.9 Å². The number of rotatable bonds is 6. The number of aromatic amines is 1. The summed E-state index contributed by atoms with van der Waals surface area (Å²) < 4.78 is 6.57. The Labute approximate surface area is 184 Å². The van der Waals surface area contributed by atoms with E-state index in [4.69, 9.17) is 4.42 Å². The number of aryl methyl sites for hydroxylation is 1. The Morgan fingerprint density at radius 2 is 2.06 bits per heavy atom. The lowest BCUT2D eigenvalue weighted by Crippen LogP contribution is -2.41. The number of aromatic nitrogens is 4. The maximum Gasteiger partial charge on any atom is 0.272 e. The third-order valence-corrected chi connectivity index (χ3v) is 5.94. The average molecular weight is 438 g/mol. The molecule has 1 fully saturated rings. The third-order valence-electron chi connectivity index (χ3n) is 5.94. The van der Waals surface area contributed by atoms with Gasteiger partial charge in [0.15, 0.2) is 0 Å². The molecule has 0 saturated carbocycles. The smallest absolute Gasteiger partial charge is 0.272 e. The van der Waals surface area contributed by atoms with Crippen molar-refractivity contribution in [1.29, 1.82) is 0 Å². The zero-order valence-corrected chi connectivity index (χ0v) is 18.1. The van der Waals surface area contributed by atoms with Crippen LogP contribution >= 0.6 is 0 Å². The third kappa shape index (κ3) is 4.63. The maximum absolute atomic E-state index is 12.7. The van der Waals surface area contributed by atoms with E-state index in [1.807, 2.05) is 0 Å². The second kappa shape index (κ2) is 9.21. The van der Waals surface area contributed by atoms with Crippen molar-refractivity contribution in [3.05, 3.63) is 69.5 Å². The SMILES string of the molecule is Cc1ncn(CC(=O)N2CCC(c3cc(C(=O)NCc4ccco4)n[nH]3)CC2)c(=O)c1C. The number of carbonyl (C=O) groups excluding carboxylic acids is 2. The fraction of sp³-hybridized carbons (Fsp3) is 0.409. The van der Waals surface area contributed by atoms with Crippen molar-refractivity contribution in [3.8, 4) is 0 Å². The van der Waals surface area contributed by atoms with Gasteiger partial charge < -0.3 is 14.6 Å². The molecule has 0 aliphatic carbocycles. The molecule has 0 spiro atoms. The Morgan fingerprint density at radius 3 is 2.78 bits per heavy atom. The highest BCUT2D eigenvalue weighted by Gasteiger charge is 2.26. The van der Waals surface area contributed by atoms with Crippen molar-refractivity contribution in [1.82, 2.24) is 30.0 Å². The fourth-order valence-electron chi connectivity index (χ4n) is 3.81. The lowest BCUT2D eigenvalue weighted by atomic mass is 9.93. The van der Waals surface area contributed by atoms with Crippen LogP contribution in [0.4, 0.5) is 0 Å². The van der Waals surface area contributed by atoms with E-state index in [0.29, 0.717) is 42.3 Å². The van der Waals surface area contributed by atoms with Gasteiger partial charge in [-0.15, -0.1) is 0 Å². The van der Waals surface area contributed by atoms with E-state index >= 15 is 0 Å². The van der Waals surface area contributed by atoms with E-state index < -0.39 is 0 Å². The molecule has 0 unspecified atom stereocenters. The van der Waals surface area contributed by atoms with Crippen LogP contribution in [0.3, 0.4) is 0 Å². The number of nitrogens with one attached hydrogen (secondary N) is 2. The van der Waals surface area contributed by atoms with Crippen LogP contribution in [0.5, 0.6) is 0 Å². The van der Waals surface area contributed by atoms with Gasteiger partial charge in [-0.2, -0.15) is 5.10 Å². The molecule has 32 heavy (non-hydrogen) atoms. The number of hydrogen-bond acceptors (Lipinski definition) is 6. The molecule has 10 heteroatoms. The molecule has 0 atom stereocenters. The summed E-state index contributed by atoms with van der Waals surface area (Å²) in [6.45, 7) is 4.94. The highest BCUT2D eigenvalue weighted by Crippen LogP contribution is 2.27. The van der Waals surface area contributed by atoms with Crippen LogP contribution in [0.1, 0.15) is 52.0 Å². The predicted octanol–water partition coefficient (Wildman–Crippen LogP) is 1.51. The first-order chi connectivity index (χ1) is 15.4. The van der Waals surface area contributed by atoms with Gasteiger partial charge in [0, 0.05) is 36.0 Å². The van der Waals surface area contributed by atoms with Crippen LogP contribution in [0.2, 0.25) is 0 Å². The van der Waals surface area contributed by atoms with Crippen LogP contribution in [0.15, 0.2) is 40.0 Å². The molecule has 1 aliphatic rings.